The van der Waals surface area contributed by atoms with Crippen molar-refractivity contribution in [3.8, 4) is 0 Å². The molecule has 0 aliphatic carbocycles. The van der Waals surface area contributed by atoms with E-state index in [4.69, 9.17) is 4.74 Å². The van der Waals surface area contributed by atoms with Gasteiger partial charge in [-0.1, -0.05) is 13.8 Å². The van der Waals surface area contributed by atoms with E-state index in [0.717, 1.165) is 12.1 Å². The van der Waals surface area contributed by atoms with E-state index in [0.29, 0.717) is 24.6 Å². The Balaban J connectivity index is 2.13. The van der Waals surface area contributed by atoms with Crippen LogP contribution < -0.4 is 5.32 Å². The maximum Gasteiger partial charge on any atom is 0.410 e. The molecule has 0 aromatic carbocycles. The maximum atomic E-state index is 12.4. The summed E-state index contributed by atoms with van der Waals surface area (Å²) in [6.07, 6.45) is 0.939. The summed E-state index contributed by atoms with van der Waals surface area (Å²) in [5.74, 6) is 1.09. The van der Waals surface area contributed by atoms with Crippen LogP contribution in [-0.4, -0.2) is 46.6 Å². The van der Waals surface area contributed by atoms with Gasteiger partial charge in [-0.3, -0.25) is 9.69 Å². The topological polar surface area (TPSA) is 84.4 Å². The van der Waals surface area contributed by atoms with Crippen molar-refractivity contribution in [2.75, 3.05) is 19.0 Å². The Bertz CT molecular complexity index is 574. The number of aryl methyl sites for hydroxylation is 1. The van der Waals surface area contributed by atoms with Gasteiger partial charge in [-0.05, 0) is 19.8 Å². The number of ether oxygens (including phenoxy) is 1. The number of anilines is 1. The first kappa shape index (κ1) is 16.2. The lowest BCUT2D eigenvalue weighted by molar-refractivity contribution is -0.120. The fourth-order valence-electron chi connectivity index (χ4n) is 2.50. The molecular weight excluding hydrogens is 284 g/mol. The third kappa shape index (κ3) is 3.52. The fourth-order valence-corrected chi connectivity index (χ4v) is 2.50. The van der Waals surface area contributed by atoms with Crippen molar-refractivity contribution < 1.29 is 14.3 Å². The lowest BCUT2D eigenvalue weighted by atomic mass is 10.2. The standard InChI is InChI=1S/C15H22N4O3/c1-9(2)13-16-10(3)8-12(17-13)18-14(20)11-6-5-7-19(11)15(21)22-4/h8-9,11H,5-7H2,1-4H3,(H,16,17,18,20). The highest BCUT2D eigenvalue weighted by atomic mass is 16.5. The summed E-state index contributed by atoms with van der Waals surface area (Å²) >= 11 is 0. The van der Waals surface area contributed by atoms with E-state index in [-0.39, 0.29) is 11.8 Å². The molecule has 0 radical (unpaired) electrons. The smallest absolute Gasteiger partial charge is 0.410 e. The molecule has 1 unspecified atom stereocenters. The number of nitrogens with one attached hydrogen (secondary N) is 1. The summed E-state index contributed by atoms with van der Waals surface area (Å²) in [6, 6.07) is 1.21. The van der Waals surface area contributed by atoms with Crippen LogP contribution in [-0.2, 0) is 9.53 Å². The van der Waals surface area contributed by atoms with Gasteiger partial charge < -0.3 is 10.1 Å². The minimum Gasteiger partial charge on any atom is -0.453 e. The van der Waals surface area contributed by atoms with E-state index in [1.165, 1.54) is 12.0 Å². The van der Waals surface area contributed by atoms with Crippen molar-refractivity contribution in [3.05, 3.63) is 17.6 Å². The van der Waals surface area contributed by atoms with E-state index in [9.17, 15) is 9.59 Å². The number of amides is 2. The zero-order valence-electron chi connectivity index (χ0n) is 13.4. The van der Waals surface area contributed by atoms with Crippen LogP contribution in [0, 0.1) is 6.92 Å². The van der Waals surface area contributed by atoms with Crippen LogP contribution >= 0.6 is 0 Å². The predicted octanol–water partition coefficient (Wildman–Crippen LogP) is 2.08. The number of carbonyl (C=O) groups excluding carboxylic acids is 2. The number of rotatable bonds is 3. The minimum absolute atomic E-state index is 0.175. The second-order valence-electron chi connectivity index (χ2n) is 5.72. The Kier molecular flexibility index (Phi) is 4.95. The van der Waals surface area contributed by atoms with Crippen LogP contribution in [0.1, 0.15) is 44.1 Å². The summed E-state index contributed by atoms with van der Waals surface area (Å²) in [4.78, 5) is 34.2. The largest absolute Gasteiger partial charge is 0.453 e. The van der Waals surface area contributed by atoms with Gasteiger partial charge in [0.2, 0.25) is 5.91 Å². The monoisotopic (exact) mass is 306 g/mol. The number of nitrogens with zero attached hydrogens (tertiary/aromatic N) is 3. The lowest BCUT2D eigenvalue weighted by Gasteiger charge is -2.22. The maximum absolute atomic E-state index is 12.4. The van der Waals surface area contributed by atoms with Crippen LogP contribution in [0.2, 0.25) is 0 Å². The Morgan fingerprint density at radius 2 is 2.14 bits per heavy atom. The van der Waals surface area contributed by atoms with Gasteiger partial charge in [-0.2, -0.15) is 0 Å². The first-order chi connectivity index (χ1) is 10.4. The molecule has 120 valence electrons. The van der Waals surface area contributed by atoms with Crippen molar-refractivity contribution >= 4 is 17.8 Å². The van der Waals surface area contributed by atoms with Gasteiger partial charge in [-0.25, -0.2) is 14.8 Å². The molecule has 7 nitrogen and oxygen atoms in total. The van der Waals surface area contributed by atoms with Crippen molar-refractivity contribution in [2.45, 2.75) is 45.6 Å². The quantitative estimate of drug-likeness (QED) is 0.924. The summed E-state index contributed by atoms with van der Waals surface area (Å²) in [6.45, 7) is 6.39. The molecule has 1 saturated heterocycles. The summed E-state index contributed by atoms with van der Waals surface area (Å²) in [7, 11) is 1.32. The minimum atomic E-state index is -0.509. The number of hydrogen-bond donors (Lipinski definition) is 1. The summed E-state index contributed by atoms with van der Waals surface area (Å²) in [5.41, 5.74) is 0.797. The van der Waals surface area contributed by atoms with Gasteiger partial charge in [-0.15, -0.1) is 0 Å². The van der Waals surface area contributed by atoms with Crippen LogP contribution in [0.25, 0.3) is 0 Å². The summed E-state index contributed by atoms with van der Waals surface area (Å²) in [5, 5.41) is 2.79. The fraction of sp³-hybridized carbons (Fsp3) is 0.600. The second kappa shape index (κ2) is 6.72. The molecule has 2 rings (SSSR count). The zero-order valence-corrected chi connectivity index (χ0v) is 13.4. The van der Waals surface area contributed by atoms with E-state index < -0.39 is 12.1 Å². The van der Waals surface area contributed by atoms with E-state index in [2.05, 4.69) is 15.3 Å². The second-order valence-corrected chi connectivity index (χ2v) is 5.72. The van der Waals surface area contributed by atoms with Crippen LogP contribution in [0.4, 0.5) is 10.6 Å². The lowest BCUT2D eigenvalue weighted by Crippen LogP contribution is -2.43. The Labute approximate surface area is 130 Å². The molecule has 7 heteroatoms. The zero-order chi connectivity index (χ0) is 16.3. The van der Waals surface area contributed by atoms with Gasteiger partial charge in [0, 0.05) is 24.2 Å². The van der Waals surface area contributed by atoms with E-state index in [1.54, 1.807) is 6.07 Å². The highest BCUT2D eigenvalue weighted by Crippen LogP contribution is 2.20. The van der Waals surface area contributed by atoms with Gasteiger partial charge in [0.15, 0.2) is 0 Å². The third-order valence-electron chi connectivity index (χ3n) is 3.60. The molecule has 2 heterocycles. The molecule has 1 fully saturated rings. The first-order valence-corrected chi connectivity index (χ1v) is 7.43. The molecule has 1 atom stereocenters. The molecule has 1 aliphatic heterocycles. The average molecular weight is 306 g/mol. The molecule has 0 saturated carbocycles. The number of aromatic nitrogens is 2. The molecule has 1 aliphatic rings. The van der Waals surface area contributed by atoms with Crippen molar-refractivity contribution in [3.63, 3.8) is 0 Å². The normalized spacial score (nSPS) is 17.7. The van der Waals surface area contributed by atoms with E-state index in [1.807, 2.05) is 20.8 Å². The molecule has 22 heavy (non-hydrogen) atoms. The van der Waals surface area contributed by atoms with Crippen LogP contribution in [0.15, 0.2) is 6.07 Å². The van der Waals surface area contributed by atoms with Gasteiger partial charge in [0.25, 0.3) is 0 Å². The number of likely N-dealkylation sites (tertiary alicyclic amines) is 1. The SMILES string of the molecule is COC(=O)N1CCCC1C(=O)Nc1cc(C)nc(C(C)C)n1. The Morgan fingerprint density at radius 1 is 1.41 bits per heavy atom. The van der Waals surface area contributed by atoms with E-state index >= 15 is 0 Å². The number of hydrogen-bond acceptors (Lipinski definition) is 5. The molecule has 2 amide bonds. The predicted molar refractivity (Wildman–Crippen MR) is 81.6 cm³/mol. The number of carbonyl (C=O) groups is 2. The Hall–Kier alpha value is -2.18. The van der Waals surface area contributed by atoms with Gasteiger partial charge >= 0.3 is 6.09 Å². The molecule has 0 bridgehead atoms. The molecule has 1 N–H and O–H groups in total. The van der Waals surface area contributed by atoms with Gasteiger partial charge in [0.05, 0.1) is 7.11 Å². The molecule has 1 aromatic rings. The third-order valence-corrected chi connectivity index (χ3v) is 3.60. The highest BCUT2D eigenvalue weighted by molar-refractivity contribution is 5.96. The van der Waals surface area contributed by atoms with Crippen LogP contribution in [0.3, 0.4) is 0 Å². The van der Waals surface area contributed by atoms with Crippen molar-refractivity contribution in [1.29, 1.82) is 0 Å². The van der Waals surface area contributed by atoms with Crippen molar-refractivity contribution in [2.24, 2.45) is 0 Å². The average Bonchev–Trinajstić information content (AvgIpc) is 2.95. The first-order valence-electron chi connectivity index (χ1n) is 7.43. The van der Waals surface area contributed by atoms with Gasteiger partial charge in [0.1, 0.15) is 17.7 Å². The number of methoxy groups -OCH3 is 1. The Morgan fingerprint density at radius 3 is 2.77 bits per heavy atom. The van der Waals surface area contributed by atoms with Crippen LogP contribution in [0.5, 0.6) is 0 Å². The summed E-state index contributed by atoms with van der Waals surface area (Å²) < 4.78 is 4.72. The highest BCUT2D eigenvalue weighted by Gasteiger charge is 2.34. The van der Waals surface area contributed by atoms with Crippen molar-refractivity contribution in [1.82, 2.24) is 14.9 Å². The molecule has 0 spiro atoms. The molecule has 1 aromatic heterocycles. The molecular formula is C15H22N4O3.